The fourth-order valence-electron chi connectivity index (χ4n) is 5.26. The minimum Gasteiger partial charge on any atom is -0.496 e. The van der Waals surface area contributed by atoms with Gasteiger partial charge in [0, 0.05) is 5.56 Å². The van der Waals surface area contributed by atoms with Crippen LogP contribution >= 0.6 is 69.8 Å². The number of hydrogen-bond acceptors (Lipinski definition) is 3. The number of ether oxygens (including phenoxy) is 1. The van der Waals surface area contributed by atoms with Gasteiger partial charge >= 0.3 is 0 Å². The molecule has 1 aromatic rings. The summed E-state index contributed by atoms with van der Waals surface area (Å²) < 4.78 is 11.6. The van der Waals surface area contributed by atoms with Crippen LogP contribution in [-0.2, 0) is 4.74 Å². The monoisotopic (exact) mass is 620 g/mol. The van der Waals surface area contributed by atoms with Crippen LogP contribution in [0.25, 0.3) is 5.76 Å². The maximum atomic E-state index is 6.73. The Balaban J connectivity index is 1.71. The van der Waals surface area contributed by atoms with Gasteiger partial charge in [0.15, 0.2) is 5.75 Å². The SMILES string of the molecule is COC(=C1C2CC3CC(C2)CC1C3)c1cccc(OSP(I)I)c1Cl. The molecule has 4 fully saturated rings. The zero-order valence-electron chi connectivity index (χ0n) is 13.9. The Hall–Kier alpha value is 1.09. The van der Waals surface area contributed by atoms with E-state index in [1.165, 1.54) is 49.3 Å². The van der Waals surface area contributed by atoms with Crippen LogP contribution in [0.2, 0.25) is 5.02 Å². The van der Waals surface area contributed by atoms with Crippen LogP contribution in [0.3, 0.4) is 0 Å². The van der Waals surface area contributed by atoms with E-state index in [9.17, 15) is 0 Å². The van der Waals surface area contributed by atoms with Gasteiger partial charge in [0.1, 0.15) is 19.8 Å². The van der Waals surface area contributed by atoms with E-state index in [1.807, 2.05) is 12.1 Å². The van der Waals surface area contributed by atoms with Gasteiger partial charge in [-0.1, -0.05) is 17.7 Å². The highest BCUT2D eigenvalue weighted by molar-refractivity contribution is 14.3. The van der Waals surface area contributed by atoms with Crippen LogP contribution in [0.15, 0.2) is 23.8 Å². The summed E-state index contributed by atoms with van der Waals surface area (Å²) in [5.74, 6) is 5.02. The molecule has 0 heterocycles. The minimum absolute atomic E-state index is 0.253. The lowest BCUT2D eigenvalue weighted by Gasteiger charge is -2.51. The van der Waals surface area contributed by atoms with Crippen molar-refractivity contribution in [3.8, 4) is 5.75 Å². The quantitative estimate of drug-likeness (QED) is 0.143. The summed E-state index contributed by atoms with van der Waals surface area (Å²) in [5.41, 5.74) is 2.53. The molecule has 0 amide bonds. The molecule has 0 spiro atoms. The molecule has 25 heavy (non-hydrogen) atoms. The molecule has 0 unspecified atom stereocenters. The maximum absolute atomic E-state index is 6.73. The third-order valence-corrected chi connectivity index (χ3v) is 10.1. The first kappa shape index (κ1) is 19.4. The van der Waals surface area contributed by atoms with Gasteiger partial charge in [-0.15, -0.1) is 0 Å². The normalized spacial score (nSPS) is 30.0. The number of methoxy groups -OCH3 is 1. The number of rotatable bonds is 5. The molecule has 0 saturated heterocycles. The van der Waals surface area contributed by atoms with Crippen molar-refractivity contribution < 1.29 is 8.92 Å². The van der Waals surface area contributed by atoms with Gasteiger partial charge in [0.25, 0.3) is 0 Å². The molecule has 7 heteroatoms. The molecule has 5 rings (SSSR count). The first-order valence-electron chi connectivity index (χ1n) is 8.60. The number of benzene rings is 1. The molecule has 4 saturated carbocycles. The Morgan fingerprint density at radius 2 is 1.76 bits per heavy atom. The maximum Gasteiger partial charge on any atom is 0.157 e. The minimum atomic E-state index is -0.253. The van der Waals surface area contributed by atoms with E-state index in [2.05, 4.69) is 50.1 Å². The highest BCUT2D eigenvalue weighted by Crippen LogP contribution is 2.65. The Kier molecular flexibility index (Phi) is 6.38. The molecule has 0 N–H and O–H groups in total. The molecule has 4 aliphatic rings. The number of hydrogen-bond donors (Lipinski definition) is 0. The van der Waals surface area contributed by atoms with Gasteiger partial charge < -0.3 is 8.92 Å². The first-order valence-corrected chi connectivity index (χ1v) is 17.2. The summed E-state index contributed by atoms with van der Waals surface area (Å²) in [5, 5.41) is 0.679. The Morgan fingerprint density at radius 1 is 1.12 bits per heavy atom. The zero-order valence-corrected chi connectivity index (χ0v) is 20.7. The zero-order chi connectivity index (χ0) is 17.6. The molecule has 0 aliphatic heterocycles. The van der Waals surface area contributed by atoms with Crippen molar-refractivity contribution in [1.29, 1.82) is 0 Å². The van der Waals surface area contributed by atoms with E-state index in [0.717, 1.165) is 28.9 Å². The predicted octanol–water partition coefficient (Wildman–Crippen LogP) is 8.28. The van der Waals surface area contributed by atoms with Crippen LogP contribution in [0.4, 0.5) is 0 Å². The Labute approximate surface area is 185 Å². The largest absolute Gasteiger partial charge is 0.496 e. The standard InChI is InChI=1S/C18H20ClI2O2PS/c1-22-18(14-3-2-4-15(17(14)19)23-25-24(20)21)16-12-6-10-5-11(8-12)9-13(16)7-10/h2-4,10-13H,5-9H2,1H3. The lowest BCUT2D eigenvalue weighted by atomic mass is 9.54. The van der Waals surface area contributed by atoms with E-state index in [1.54, 1.807) is 7.11 Å². The highest BCUT2D eigenvalue weighted by atomic mass is 127. The topological polar surface area (TPSA) is 18.5 Å². The Bertz CT molecular complexity index is 668. The predicted molar refractivity (Wildman–Crippen MR) is 126 cm³/mol. The van der Waals surface area contributed by atoms with Crippen LogP contribution in [0.1, 0.15) is 37.7 Å². The molecular formula is C18H20ClI2O2PS. The van der Waals surface area contributed by atoms with Crippen molar-refractivity contribution in [2.45, 2.75) is 32.1 Å². The fourth-order valence-corrected chi connectivity index (χ4v) is 7.69. The molecule has 1 aromatic carbocycles. The molecule has 0 atom stereocenters. The van der Waals surface area contributed by atoms with E-state index < -0.39 is 0 Å². The summed E-state index contributed by atoms with van der Waals surface area (Å²) in [4.78, 5) is 0. The van der Waals surface area contributed by atoms with Crippen molar-refractivity contribution in [2.75, 3.05) is 7.11 Å². The summed E-state index contributed by atoms with van der Waals surface area (Å²) >= 11 is 13.0. The summed E-state index contributed by atoms with van der Waals surface area (Å²) in [6.07, 6.45) is 6.82. The van der Waals surface area contributed by atoms with Gasteiger partial charge in [-0.05, 0) is 118 Å². The smallest absolute Gasteiger partial charge is 0.157 e. The molecule has 2 nitrogen and oxygen atoms in total. The van der Waals surface area contributed by atoms with Crippen LogP contribution < -0.4 is 4.18 Å². The molecule has 0 radical (unpaired) electrons. The van der Waals surface area contributed by atoms with Gasteiger partial charge in [0.05, 0.1) is 12.1 Å². The van der Waals surface area contributed by atoms with Gasteiger partial charge in [-0.2, -0.15) is 0 Å². The molecule has 136 valence electrons. The first-order chi connectivity index (χ1) is 12.1. The fraction of sp³-hybridized carbons (Fsp3) is 0.556. The van der Waals surface area contributed by atoms with Crippen molar-refractivity contribution in [1.82, 2.24) is 0 Å². The number of allylic oxidation sites excluding steroid dienone is 1. The van der Waals surface area contributed by atoms with E-state index in [4.69, 9.17) is 20.5 Å². The second-order valence-corrected chi connectivity index (χ2v) is 25.2. The second-order valence-electron chi connectivity index (χ2n) is 7.27. The van der Waals surface area contributed by atoms with Crippen LogP contribution in [-0.4, -0.2) is 7.11 Å². The summed E-state index contributed by atoms with van der Waals surface area (Å²) in [6, 6.07) is 6.04. The third-order valence-electron chi connectivity index (χ3n) is 5.88. The number of halogens is 3. The van der Waals surface area contributed by atoms with E-state index >= 15 is 0 Å². The van der Waals surface area contributed by atoms with Gasteiger partial charge in [0.2, 0.25) is 0 Å². The van der Waals surface area contributed by atoms with E-state index in [0.29, 0.717) is 16.9 Å². The second kappa shape index (κ2) is 8.22. The average Bonchev–Trinajstić information content (AvgIpc) is 2.57. The molecule has 0 aromatic heterocycles. The van der Waals surface area contributed by atoms with Gasteiger partial charge in [-0.25, -0.2) is 0 Å². The molecule has 4 aliphatic carbocycles. The summed E-state index contributed by atoms with van der Waals surface area (Å²) in [6.45, 7) is 0. The van der Waals surface area contributed by atoms with E-state index in [-0.39, 0.29) is 2.41 Å². The molecule has 4 bridgehead atoms. The van der Waals surface area contributed by atoms with Crippen molar-refractivity contribution >= 4 is 75.5 Å². The lowest BCUT2D eigenvalue weighted by molar-refractivity contribution is 0.0675. The van der Waals surface area contributed by atoms with Crippen molar-refractivity contribution in [2.24, 2.45) is 23.7 Å². The van der Waals surface area contributed by atoms with Crippen LogP contribution in [0.5, 0.6) is 5.75 Å². The van der Waals surface area contributed by atoms with Crippen LogP contribution in [0, 0.1) is 23.7 Å². The average molecular weight is 621 g/mol. The Morgan fingerprint density at radius 3 is 2.32 bits per heavy atom. The summed E-state index contributed by atoms with van der Waals surface area (Å²) in [7, 11) is 1.79. The molecular weight excluding hydrogens is 600 g/mol. The third kappa shape index (κ3) is 3.96. The highest BCUT2D eigenvalue weighted by Gasteiger charge is 2.46. The lowest BCUT2D eigenvalue weighted by Crippen LogP contribution is -2.40. The van der Waals surface area contributed by atoms with Crippen molar-refractivity contribution in [3.63, 3.8) is 0 Å². The van der Waals surface area contributed by atoms with Gasteiger partial charge in [-0.3, -0.25) is 0 Å². The van der Waals surface area contributed by atoms with Crippen molar-refractivity contribution in [3.05, 3.63) is 34.4 Å².